The maximum Gasteiger partial charge on any atom is 0.274 e. The average Bonchev–Trinajstić information content (AvgIpc) is 2.40. The molecular weight excluding hydrogens is 262 g/mol. The molecule has 0 aromatic heterocycles. The molecule has 2 aromatic carbocycles. The van der Waals surface area contributed by atoms with E-state index in [-0.39, 0.29) is 11.1 Å². The van der Waals surface area contributed by atoms with Crippen LogP contribution in [0.1, 0.15) is 21.5 Å². The summed E-state index contributed by atoms with van der Waals surface area (Å²) in [5, 5.41) is 29.9. The minimum absolute atomic E-state index is 0.278. The Morgan fingerprint density at radius 1 is 1.20 bits per heavy atom. The molecule has 102 valence electrons. The van der Waals surface area contributed by atoms with Crippen LogP contribution in [-0.4, -0.2) is 20.9 Å². The van der Waals surface area contributed by atoms with Crippen LogP contribution >= 0.6 is 0 Å². The molecule has 0 radical (unpaired) electrons. The van der Waals surface area contributed by atoms with Gasteiger partial charge < -0.3 is 10.2 Å². The summed E-state index contributed by atoms with van der Waals surface area (Å²) in [6.45, 7) is 1.79. The van der Waals surface area contributed by atoms with Gasteiger partial charge in [0.2, 0.25) is 0 Å². The number of non-ortho nitro benzene ring substituents is 1. The molecule has 2 aromatic rings. The summed E-state index contributed by atoms with van der Waals surface area (Å²) < 4.78 is 0. The first-order valence-corrected chi connectivity index (χ1v) is 5.72. The van der Waals surface area contributed by atoms with E-state index in [0.717, 1.165) is 17.7 Å². The molecule has 0 bridgehead atoms. The van der Waals surface area contributed by atoms with Gasteiger partial charge in [-0.05, 0) is 13.0 Å². The predicted octanol–water partition coefficient (Wildman–Crippen LogP) is 2.55. The molecule has 0 aliphatic heterocycles. The summed E-state index contributed by atoms with van der Waals surface area (Å²) >= 11 is 0. The lowest BCUT2D eigenvalue weighted by Crippen LogP contribution is -2.03. The Morgan fingerprint density at radius 3 is 2.50 bits per heavy atom. The van der Waals surface area contributed by atoms with Crippen molar-refractivity contribution in [3.05, 3.63) is 63.2 Å². The summed E-state index contributed by atoms with van der Waals surface area (Å²) in [6, 6.07) is 8.32. The fourth-order valence-electron chi connectivity index (χ4n) is 1.82. The second-order valence-corrected chi connectivity index (χ2v) is 4.32. The first-order valence-electron chi connectivity index (χ1n) is 5.72. The molecule has 0 saturated carbocycles. The second kappa shape index (κ2) is 5.00. The highest BCUT2D eigenvalue weighted by Gasteiger charge is 2.21. The van der Waals surface area contributed by atoms with Crippen LogP contribution in [0.15, 0.2) is 36.4 Å². The largest absolute Gasteiger partial charge is 0.504 e. The van der Waals surface area contributed by atoms with E-state index in [1.165, 1.54) is 6.07 Å². The van der Waals surface area contributed by atoms with Crippen LogP contribution in [0.3, 0.4) is 0 Å². The quantitative estimate of drug-likeness (QED) is 0.387. The van der Waals surface area contributed by atoms with Gasteiger partial charge in [0.05, 0.1) is 16.6 Å². The van der Waals surface area contributed by atoms with Crippen molar-refractivity contribution in [2.75, 3.05) is 0 Å². The third kappa shape index (κ3) is 2.44. The number of hydrogen-bond donors (Lipinski definition) is 2. The molecule has 0 heterocycles. The predicted molar refractivity (Wildman–Crippen MR) is 71.0 cm³/mol. The van der Waals surface area contributed by atoms with E-state index in [9.17, 15) is 25.1 Å². The van der Waals surface area contributed by atoms with E-state index in [4.69, 9.17) is 0 Å². The molecule has 2 N–H and O–H groups in total. The maximum atomic E-state index is 12.3. The minimum atomic E-state index is -0.744. The van der Waals surface area contributed by atoms with Gasteiger partial charge in [0, 0.05) is 11.6 Å². The van der Waals surface area contributed by atoms with Gasteiger partial charge in [0.1, 0.15) is 0 Å². The third-order valence-electron chi connectivity index (χ3n) is 2.81. The van der Waals surface area contributed by atoms with Crippen LogP contribution in [0.25, 0.3) is 0 Å². The SMILES string of the molecule is Cc1cccc(C(=O)c2cc([N+](=O)[O-])cc(O)c2O)c1. The van der Waals surface area contributed by atoms with Crippen molar-refractivity contribution < 1.29 is 19.9 Å². The van der Waals surface area contributed by atoms with Gasteiger partial charge in [-0.15, -0.1) is 0 Å². The van der Waals surface area contributed by atoms with Crippen LogP contribution in [0.2, 0.25) is 0 Å². The van der Waals surface area contributed by atoms with Gasteiger partial charge in [-0.25, -0.2) is 0 Å². The monoisotopic (exact) mass is 273 g/mol. The van der Waals surface area contributed by atoms with E-state index in [0.29, 0.717) is 0 Å². The first-order chi connectivity index (χ1) is 9.40. The number of nitro groups is 1. The molecule has 0 fully saturated rings. The highest BCUT2D eigenvalue weighted by Crippen LogP contribution is 2.34. The number of nitrogens with zero attached hydrogens (tertiary/aromatic N) is 1. The van der Waals surface area contributed by atoms with Crippen molar-refractivity contribution in [2.24, 2.45) is 0 Å². The topological polar surface area (TPSA) is 101 Å². The number of phenols is 2. The van der Waals surface area contributed by atoms with Gasteiger partial charge in [-0.3, -0.25) is 14.9 Å². The number of hydrogen-bond acceptors (Lipinski definition) is 5. The van der Waals surface area contributed by atoms with Crippen molar-refractivity contribution in [1.29, 1.82) is 0 Å². The summed E-state index contributed by atoms with van der Waals surface area (Å²) in [5.74, 6) is -1.96. The molecule has 6 heteroatoms. The number of aromatic hydroxyl groups is 2. The Balaban J connectivity index is 2.57. The Kier molecular flexibility index (Phi) is 3.39. The Hall–Kier alpha value is -2.89. The van der Waals surface area contributed by atoms with E-state index < -0.39 is 27.9 Å². The van der Waals surface area contributed by atoms with E-state index >= 15 is 0 Å². The Bertz CT molecular complexity index is 709. The number of benzene rings is 2. The molecule has 0 saturated heterocycles. The average molecular weight is 273 g/mol. The van der Waals surface area contributed by atoms with Crippen LogP contribution < -0.4 is 0 Å². The summed E-state index contributed by atoms with van der Waals surface area (Å²) in [7, 11) is 0. The van der Waals surface area contributed by atoms with Crippen LogP contribution in [0, 0.1) is 17.0 Å². The Labute approximate surface area is 114 Å². The van der Waals surface area contributed by atoms with Gasteiger partial charge in [0.25, 0.3) is 5.69 Å². The van der Waals surface area contributed by atoms with Crippen molar-refractivity contribution in [3.8, 4) is 11.5 Å². The number of phenolic OH excluding ortho intramolecular Hbond substituents is 2. The number of nitro benzene ring substituents is 1. The van der Waals surface area contributed by atoms with Crippen molar-refractivity contribution >= 4 is 11.5 Å². The lowest BCUT2D eigenvalue weighted by Gasteiger charge is -2.06. The van der Waals surface area contributed by atoms with Crippen molar-refractivity contribution in [1.82, 2.24) is 0 Å². The molecule has 2 rings (SSSR count). The molecule has 0 atom stereocenters. The van der Waals surface area contributed by atoms with E-state index in [2.05, 4.69) is 0 Å². The summed E-state index contributed by atoms with van der Waals surface area (Å²) in [4.78, 5) is 22.2. The Morgan fingerprint density at radius 2 is 1.90 bits per heavy atom. The second-order valence-electron chi connectivity index (χ2n) is 4.32. The van der Waals surface area contributed by atoms with Gasteiger partial charge in [-0.2, -0.15) is 0 Å². The van der Waals surface area contributed by atoms with Crippen LogP contribution in [-0.2, 0) is 0 Å². The third-order valence-corrected chi connectivity index (χ3v) is 2.81. The zero-order valence-electron chi connectivity index (χ0n) is 10.5. The van der Waals surface area contributed by atoms with Crippen molar-refractivity contribution in [2.45, 2.75) is 6.92 Å². The zero-order chi connectivity index (χ0) is 14.9. The number of aryl methyl sites for hydroxylation is 1. The van der Waals surface area contributed by atoms with Gasteiger partial charge in [0.15, 0.2) is 17.3 Å². The molecule has 0 spiro atoms. The molecular formula is C14H11NO5. The molecule has 20 heavy (non-hydrogen) atoms. The van der Waals surface area contributed by atoms with E-state index in [1.54, 1.807) is 25.1 Å². The van der Waals surface area contributed by atoms with Gasteiger partial charge in [-0.1, -0.05) is 23.8 Å². The first kappa shape index (κ1) is 13.5. The zero-order valence-corrected chi connectivity index (χ0v) is 10.5. The van der Waals surface area contributed by atoms with E-state index in [1.807, 2.05) is 0 Å². The van der Waals surface area contributed by atoms with Crippen LogP contribution in [0.5, 0.6) is 11.5 Å². The molecule has 0 amide bonds. The van der Waals surface area contributed by atoms with Crippen molar-refractivity contribution in [3.63, 3.8) is 0 Å². The summed E-state index contributed by atoms with van der Waals surface area (Å²) in [5.41, 5.74) is 0.351. The minimum Gasteiger partial charge on any atom is -0.504 e. The molecule has 6 nitrogen and oxygen atoms in total. The maximum absolute atomic E-state index is 12.3. The molecule has 0 unspecified atom stereocenters. The lowest BCUT2D eigenvalue weighted by molar-refractivity contribution is -0.385. The smallest absolute Gasteiger partial charge is 0.274 e. The normalized spacial score (nSPS) is 10.2. The number of rotatable bonds is 3. The molecule has 0 aliphatic rings. The van der Waals surface area contributed by atoms with Gasteiger partial charge >= 0.3 is 0 Å². The fourth-order valence-corrected chi connectivity index (χ4v) is 1.82. The highest BCUT2D eigenvalue weighted by molar-refractivity contribution is 6.11. The molecule has 0 aliphatic carbocycles. The number of carbonyl (C=O) groups is 1. The number of ketones is 1. The number of carbonyl (C=O) groups excluding carboxylic acids is 1. The summed E-state index contributed by atoms with van der Waals surface area (Å²) in [6.07, 6.45) is 0. The highest BCUT2D eigenvalue weighted by atomic mass is 16.6. The lowest BCUT2D eigenvalue weighted by atomic mass is 10.00. The fraction of sp³-hybridized carbons (Fsp3) is 0.0714. The standard InChI is InChI=1S/C14H11NO5/c1-8-3-2-4-9(5-8)13(17)11-6-10(15(19)20)7-12(16)14(11)18/h2-7,16,18H,1H3. The van der Waals surface area contributed by atoms with Crippen LogP contribution in [0.4, 0.5) is 5.69 Å².